The molecule has 0 aliphatic heterocycles. The molecule has 0 spiro atoms. The fourth-order valence-corrected chi connectivity index (χ4v) is 4.15. The Morgan fingerprint density at radius 1 is 1.00 bits per heavy atom. The summed E-state index contributed by atoms with van der Waals surface area (Å²) in [7, 11) is 1.59. The van der Waals surface area contributed by atoms with Crippen LogP contribution in [-0.4, -0.2) is 45.0 Å². The summed E-state index contributed by atoms with van der Waals surface area (Å²) in [5.74, 6) is -2.10. The van der Waals surface area contributed by atoms with E-state index in [0.717, 1.165) is 16.8 Å². The van der Waals surface area contributed by atoms with Gasteiger partial charge in [0.15, 0.2) is 5.75 Å². The van der Waals surface area contributed by atoms with Gasteiger partial charge in [0.05, 0.1) is 24.9 Å². The summed E-state index contributed by atoms with van der Waals surface area (Å²) in [6.45, 7) is 3.89. The van der Waals surface area contributed by atoms with Gasteiger partial charge in [-0.05, 0) is 35.4 Å². The van der Waals surface area contributed by atoms with E-state index < -0.39 is 29.9 Å². The molecule has 206 valence electrons. The van der Waals surface area contributed by atoms with Gasteiger partial charge in [-0.1, -0.05) is 66.7 Å². The normalized spacial score (nSPS) is 13.1. The van der Waals surface area contributed by atoms with E-state index in [2.05, 4.69) is 17.0 Å². The Kier molecular flexibility index (Phi) is 9.32. The highest BCUT2D eigenvalue weighted by Crippen LogP contribution is 2.32. The molecule has 4 aromatic rings. The number of hydrogen-bond acceptors (Lipinski definition) is 6. The van der Waals surface area contributed by atoms with Gasteiger partial charge in [0.1, 0.15) is 30.2 Å². The molecule has 0 bridgehead atoms. The lowest BCUT2D eigenvalue weighted by Gasteiger charge is -2.22. The molecule has 0 saturated carbocycles. The molecule has 0 aliphatic rings. The number of benzene rings is 3. The van der Waals surface area contributed by atoms with Crippen LogP contribution in [0.25, 0.3) is 5.69 Å². The molecular weight excluding hydrogens is 510 g/mol. The van der Waals surface area contributed by atoms with Crippen molar-refractivity contribution in [1.29, 1.82) is 0 Å². The first kappa shape index (κ1) is 28.1. The molecule has 1 aromatic heterocycles. The highest BCUT2D eigenvalue weighted by Gasteiger charge is 2.33. The Hall–Kier alpha value is -4.89. The van der Waals surface area contributed by atoms with Gasteiger partial charge in [-0.2, -0.15) is 5.10 Å². The van der Waals surface area contributed by atoms with Gasteiger partial charge in [0, 0.05) is 6.42 Å². The average Bonchev–Trinajstić information content (AvgIpc) is 3.41. The number of ether oxygens (including phenoxy) is 2. The third-order valence-corrected chi connectivity index (χ3v) is 6.36. The molecule has 4 rings (SSSR count). The number of aromatic nitrogens is 2. The maximum Gasteiger partial charge on any atom is 0.326 e. The maximum atomic E-state index is 13.2. The summed E-state index contributed by atoms with van der Waals surface area (Å²) in [6, 6.07) is 24.4. The Morgan fingerprint density at radius 2 is 1.65 bits per heavy atom. The van der Waals surface area contributed by atoms with E-state index in [4.69, 9.17) is 9.47 Å². The minimum atomic E-state index is -1.46. The van der Waals surface area contributed by atoms with Crippen molar-refractivity contribution in [3.63, 3.8) is 0 Å². The number of aliphatic carboxylic acids is 1. The second-order valence-corrected chi connectivity index (χ2v) is 9.09. The average molecular weight is 542 g/mol. The second kappa shape index (κ2) is 13.3. The molecule has 1 heterocycles. The largest absolute Gasteiger partial charge is 0.497 e. The van der Waals surface area contributed by atoms with Crippen molar-refractivity contribution in [2.75, 3.05) is 7.11 Å². The van der Waals surface area contributed by atoms with Crippen molar-refractivity contribution in [1.82, 2.24) is 15.1 Å². The Bertz CT molecular complexity index is 1420. The smallest absolute Gasteiger partial charge is 0.326 e. The monoisotopic (exact) mass is 541 g/mol. The van der Waals surface area contributed by atoms with Gasteiger partial charge >= 0.3 is 5.97 Å². The van der Waals surface area contributed by atoms with Crippen molar-refractivity contribution < 1.29 is 29.3 Å². The zero-order valence-electron chi connectivity index (χ0n) is 22.0. The lowest BCUT2D eigenvalue weighted by molar-refractivity contribution is -0.142. The standard InChI is InChI=1S/C31H31N3O6/c1-3-25(30(36)32-26(31(37)38)18-21-10-6-4-7-11-21)29(35)28-27(19-34(33-28)23-12-8-5-9-13-23)40-20-22-14-16-24(39-2)17-15-22/h3-17,19,25-26,29,35H,1,18,20H2,2H3,(H,32,36)(H,37,38)/t25?,26?,29-/m0/s1. The molecule has 3 atom stereocenters. The van der Waals surface area contributed by atoms with Gasteiger partial charge < -0.3 is 25.0 Å². The Labute approximate surface area is 232 Å². The van der Waals surface area contributed by atoms with E-state index in [1.54, 1.807) is 42.3 Å². The fraction of sp³-hybridized carbons (Fsp3) is 0.194. The van der Waals surface area contributed by atoms with Crippen molar-refractivity contribution in [3.05, 3.63) is 121 Å². The lowest BCUT2D eigenvalue weighted by atomic mass is 9.97. The molecule has 3 N–H and O–H groups in total. The molecule has 9 nitrogen and oxygen atoms in total. The molecule has 3 aromatic carbocycles. The van der Waals surface area contributed by atoms with Crippen LogP contribution in [0.15, 0.2) is 104 Å². The van der Waals surface area contributed by atoms with Crippen LogP contribution in [0.4, 0.5) is 0 Å². The van der Waals surface area contributed by atoms with Crippen LogP contribution in [0.5, 0.6) is 11.5 Å². The minimum Gasteiger partial charge on any atom is -0.497 e. The number of hydrogen-bond donors (Lipinski definition) is 3. The Balaban J connectivity index is 1.57. The van der Waals surface area contributed by atoms with Gasteiger partial charge in [-0.15, -0.1) is 6.58 Å². The molecule has 0 fully saturated rings. The van der Waals surface area contributed by atoms with Crippen molar-refractivity contribution in [2.24, 2.45) is 5.92 Å². The van der Waals surface area contributed by atoms with E-state index in [9.17, 15) is 19.8 Å². The first-order chi connectivity index (χ1) is 19.4. The zero-order valence-corrected chi connectivity index (χ0v) is 22.0. The number of nitrogens with zero attached hydrogens (tertiary/aromatic N) is 2. The van der Waals surface area contributed by atoms with Crippen molar-refractivity contribution >= 4 is 11.9 Å². The summed E-state index contributed by atoms with van der Waals surface area (Å²) in [5, 5.41) is 28.1. The number of aliphatic hydroxyl groups excluding tert-OH is 1. The number of carbonyl (C=O) groups excluding carboxylic acids is 1. The zero-order chi connectivity index (χ0) is 28.5. The van der Waals surface area contributed by atoms with Crippen LogP contribution >= 0.6 is 0 Å². The summed E-state index contributed by atoms with van der Waals surface area (Å²) >= 11 is 0. The predicted molar refractivity (Wildman–Crippen MR) is 149 cm³/mol. The van der Waals surface area contributed by atoms with Crippen LogP contribution in [-0.2, 0) is 22.6 Å². The first-order valence-corrected chi connectivity index (χ1v) is 12.7. The summed E-state index contributed by atoms with van der Waals surface area (Å²) in [4.78, 5) is 25.1. The van der Waals surface area contributed by atoms with Gasteiger partial charge in [-0.3, -0.25) is 4.79 Å². The fourth-order valence-electron chi connectivity index (χ4n) is 4.15. The highest BCUT2D eigenvalue weighted by atomic mass is 16.5. The van der Waals surface area contributed by atoms with Crippen LogP contribution in [0.2, 0.25) is 0 Å². The maximum absolute atomic E-state index is 13.2. The third kappa shape index (κ3) is 6.95. The first-order valence-electron chi connectivity index (χ1n) is 12.7. The van der Waals surface area contributed by atoms with Crippen molar-refractivity contribution in [3.8, 4) is 17.2 Å². The second-order valence-electron chi connectivity index (χ2n) is 9.09. The number of carboxylic acid groups (broad SMARTS) is 1. The van der Waals surface area contributed by atoms with E-state index >= 15 is 0 Å². The van der Waals surface area contributed by atoms with E-state index in [0.29, 0.717) is 5.75 Å². The minimum absolute atomic E-state index is 0.0841. The lowest BCUT2D eigenvalue weighted by Crippen LogP contribution is -2.45. The Morgan fingerprint density at radius 3 is 2.25 bits per heavy atom. The molecular formula is C31H31N3O6. The number of aliphatic hydroxyl groups is 1. The third-order valence-electron chi connectivity index (χ3n) is 6.36. The summed E-state index contributed by atoms with van der Waals surface area (Å²) in [5.41, 5.74) is 2.45. The van der Waals surface area contributed by atoms with Crippen LogP contribution in [0, 0.1) is 5.92 Å². The topological polar surface area (TPSA) is 123 Å². The van der Waals surface area contributed by atoms with Gasteiger partial charge in [-0.25, -0.2) is 9.48 Å². The van der Waals surface area contributed by atoms with E-state index in [-0.39, 0.29) is 24.5 Å². The molecule has 0 radical (unpaired) electrons. The molecule has 0 aliphatic carbocycles. The number of amides is 1. The van der Waals surface area contributed by atoms with Crippen LogP contribution in [0.1, 0.15) is 22.9 Å². The van der Waals surface area contributed by atoms with Gasteiger partial charge in [0.25, 0.3) is 0 Å². The van der Waals surface area contributed by atoms with Crippen molar-refractivity contribution in [2.45, 2.75) is 25.2 Å². The van der Waals surface area contributed by atoms with Gasteiger partial charge in [0.2, 0.25) is 5.91 Å². The molecule has 0 saturated heterocycles. The number of nitrogens with one attached hydrogen (secondary N) is 1. The quantitative estimate of drug-likeness (QED) is 0.218. The van der Waals surface area contributed by atoms with Crippen LogP contribution < -0.4 is 14.8 Å². The molecule has 1 amide bonds. The summed E-state index contributed by atoms with van der Waals surface area (Å²) in [6.07, 6.45) is 1.53. The molecule has 2 unspecified atom stereocenters. The SMILES string of the molecule is C=CC(C(=O)NC(Cc1ccccc1)C(=O)O)[C@H](O)c1nn(-c2ccccc2)cc1OCc1ccc(OC)cc1. The highest BCUT2D eigenvalue weighted by molar-refractivity contribution is 5.86. The number of rotatable bonds is 13. The van der Waals surface area contributed by atoms with Crippen LogP contribution in [0.3, 0.4) is 0 Å². The number of para-hydroxylation sites is 1. The summed E-state index contributed by atoms with van der Waals surface area (Å²) < 4.78 is 12.8. The number of methoxy groups -OCH3 is 1. The molecule has 40 heavy (non-hydrogen) atoms. The number of carboxylic acids is 1. The molecule has 9 heteroatoms. The van der Waals surface area contributed by atoms with E-state index in [1.807, 2.05) is 60.7 Å². The predicted octanol–water partition coefficient (Wildman–Crippen LogP) is 4.11. The van der Waals surface area contributed by atoms with E-state index in [1.165, 1.54) is 6.08 Å². The number of carbonyl (C=O) groups is 2.